The van der Waals surface area contributed by atoms with Crippen LogP contribution in [0.2, 0.25) is 0 Å². The van der Waals surface area contributed by atoms with Crippen LogP contribution < -0.4 is 32.3 Å². The smallest absolute Gasteiger partial charge is 0.410 e. The third-order valence-corrected chi connectivity index (χ3v) is 10.9. The van der Waals surface area contributed by atoms with Gasteiger partial charge in [-0.2, -0.15) is 0 Å². The number of hydrogen-bond donors (Lipinski definition) is 6. The quantitative estimate of drug-likeness (QED) is 0.0269. The highest BCUT2D eigenvalue weighted by Crippen LogP contribution is 2.27. The second kappa shape index (κ2) is 26.0. The second-order valence-corrected chi connectivity index (χ2v) is 17.6. The summed E-state index contributed by atoms with van der Waals surface area (Å²) in [5, 5.41) is 13.4. The van der Waals surface area contributed by atoms with E-state index in [9.17, 15) is 38.4 Å². The molecule has 0 aromatic rings. The maximum absolute atomic E-state index is 13.7. The van der Waals surface area contributed by atoms with Gasteiger partial charge in [-0.05, 0) is 72.3 Å². The predicted molar refractivity (Wildman–Crippen MR) is 229 cm³/mol. The van der Waals surface area contributed by atoms with E-state index in [0.29, 0.717) is 12.8 Å². The van der Waals surface area contributed by atoms with Crippen LogP contribution in [-0.2, 0) is 43.0 Å². The Labute approximate surface area is 361 Å². The minimum Gasteiger partial charge on any atom is -0.444 e. The molecule has 7 N–H and O–H groups in total. The van der Waals surface area contributed by atoms with Crippen LogP contribution in [0.5, 0.6) is 0 Å². The number of nitrogens with two attached hydrogens (primary N) is 1. The van der Waals surface area contributed by atoms with Crippen molar-refractivity contribution in [2.45, 2.75) is 149 Å². The monoisotopic (exact) mass is 863 g/mol. The summed E-state index contributed by atoms with van der Waals surface area (Å²) in [6, 6.07) is -3.88. The number of unbranched alkanes of at least 4 members (excludes halogenated alkanes) is 3. The largest absolute Gasteiger partial charge is 0.444 e. The average Bonchev–Trinajstić information content (AvgIpc) is 3.19. The lowest BCUT2D eigenvalue weighted by molar-refractivity contribution is -0.141. The van der Waals surface area contributed by atoms with Crippen molar-refractivity contribution in [3.8, 4) is 0 Å². The van der Waals surface area contributed by atoms with Gasteiger partial charge in [-0.25, -0.2) is 9.59 Å². The van der Waals surface area contributed by atoms with Crippen LogP contribution in [0.15, 0.2) is 11.3 Å². The molecule has 2 rings (SSSR count). The van der Waals surface area contributed by atoms with Crippen LogP contribution in [0.25, 0.3) is 0 Å². The van der Waals surface area contributed by atoms with E-state index in [2.05, 4.69) is 33.5 Å². The molecular weight excluding hydrogens is 789 g/mol. The highest BCUT2D eigenvalue weighted by Gasteiger charge is 2.39. The molecule has 1 aliphatic carbocycles. The zero-order valence-corrected chi connectivity index (χ0v) is 38.0. The number of carbonyl (C=O) groups excluding carboxylic acids is 8. The molecule has 346 valence electrons. The van der Waals surface area contributed by atoms with Crippen molar-refractivity contribution < 1.29 is 47.8 Å². The third-order valence-electron chi connectivity index (χ3n) is 10.9. The number of likely N-dealkylation sites (tertiary alicyclic amines) is 1. The number of amides is 6. The van der Waals surface area contributed by atoms with E-state index in [-0.39, 0.29) is 49.2 Å². The molecule has 2 aliphatic rings. The zero-order valence-electron chi connectivity index (χ0n) is 38.0. The van der Waals surface area contributed by atoms with Gasteiger partial charge in [0, 0.05) is 39.6 Å². The van der Waals surface area contributed by atoms with E-state index >= 15 is 0 Å². The van der Waals surface area contributed by atoms with Crippen molar-refractivity contribution in [3.05, 3.63) is 11.3 Å². The highest BCUT2D eigenvalue weighted by atomic mass is 16.6. The molecule has 4 atom stereocenters. The second-order valence-electron chi connectivity index (χ2n) is 17.6. The molecule has 0 aromatic carbocycles. The standard InChI is InChI=1S/C43H74N8O10/c1-10-11-12-16-19-34(28(4)41(58)50(9)31(26-52)20-27(2)3)60-35(53)23-47-38(55)33(22-46-37(54)30-24-51(25-30)42(59)61-43(5,6)7)49-39(56)32(21-44)48-40(57)36(45-8)29-17-14-13-15-18-29/h26-27,29-33,36,45H,10-25,44H2,1-9H3,(H,46,54)(H,47,55)(H,48,57)(H,49,56)/b34-28-. The minimum absolute atomic E-state index is 0.0825. The summed E-state index contributed by atoms with van der Waals surface area (Å²) in [6.07, 6.45) is 9.03. The van der Waals surface area contributed by atoms with E-state index in [1.807, 2.05) is 13.8 Å². The number of aldehydes is 1. The molecule has 18 heteroatoms. The van der Waals surface area contributed by atoms with Crippen LogP contribution in [0.4, 0.5) is 4.79 Å². The van der Waals surface area contributed by atoms with Gasteiger partial charge in [0.25, 0.3) is 5.91 Å². The number of rotatable bonds is 24. The summed E-state index contributed by atoms with van der Waals surface area (Å²) < 4.78 is 11.0. The Morgan fingerprint density at radius 3 is 2.10 bits per heavy atom. The summed E-state index contributed by atoms with van der Waals surface area (Å²) in [5.41, 5.74) is 5.38. The number of esters is 1. The van der Waals surface area contributed by atoms with Crippen LogP contribution >= 0.6 is 0 Å². The predicted octanol–water partition coefficient (Wildman–Crippen LogP) is 2.04. The molecule has 1 heterocycles. The molecule has 2 fully saturated rings. The molecule has 1 saturated carbocycles. The van der Waals surface area contributed by atoms with Gasteiger partial charge in [-0.3, -0.25) is 24.0 Å². The summed E-state index contributed by atoms with van der Waals surface area (Å²) in [7, 11) is 3.20. The summed E-state index contributed by atoms with van der Waals surface area (Å²) in [5.74, 6) is -4.13. The molecule has 6 amide bonds. The fourth-order valence-corrected chi connectivity index (χ4v) is 7.30. The van der Waals surface area contributed by atoms with E-state index in [4.69, 9.17) is 15.2 Å². The summed E-state index contributed by atoms with van der Waals surface area (Å²) in [6.45, 7) is 11.5. The Morgan fingerprint density at radius 2 is 1.54 bits per heavy atom. The van der Waals surface area contributed by atoms with E-state index in [1.165, 1.54) is 23.8 Å². The number of ether oxygens (including phenoxy) is 2. The van der Waals surface area contributed by atoms with Crippen molar-refractivity contribution in [3.63, 3.8) is 0 Å². The van der Waals surface area contributed by atoms with Crippen molar-refractivity contribution >= 4 is 47.9 Å². The van der Waals surface area contributed by atoms with E-state index in [0.717, 1.165) is 57.7 Å². The SMILES string of the molecule is CCCCCC/C(OC(=O)CNC(=O)C(CNC(=O)C1CN(C(=O)OC(C)(C)C)C1)NC(=O)C(CN)NC(=O)C(NC)C1CCCCC1)=C(\C)C(=O)N(C)C(C=O)CC(C)C. The Morgan fingerprint density at radius 1 is 0.902 bits per heavy atom. The van der Waals surface area contributed by atoms with Crippen molar-refractivity contribution in [2.24, 2.45) is 23.5 Å². The van der Waals surface area contributed by atoms with Crippen molar-refractivity contribution in [1.82, 2.24) is 36.4 Å². The molecular formula is C43H74N8O10. The molecule has 1 aliphatic heterocycles. The van der Waals surface area contributed by atoms with Crippen molar-refractivity contribution in [1.29, 1.82) is 0 Å². The Kier molecular flexibility index (Phi) is 22.4. The fraction of sp³-hybridized carbons (Fsp3) is 0.767. The molecule has 0 spiro atoms. The molecule has 0 radical (unpaired) electrons. The summed E-state index contributed by atoms with van der Waals surface area (Å²) >= 11 is 0. The Balaban J connectivity index is 2.23. The average molecular weight is 863 g/mol. The van der Waals surface area contributed by atoms with Gasteiger partial charge in [0.15, 0.2) is 0 Å². The van der Waals surface area contributed by atoms with Gasteiger partial charge >= 0.3 is 12.1 Å². The summed E-state index contributed by atoms with van der Waals surface area (Å²) in [4.78, 5) is 108. The van der Waals surface area contributed by atoms with Crippen molar-refractivity contribution in [2.75, 3.05) is 46.8 Å². The highest BCUT2D eigenvalue weighted by molar-refractivity contribution is 5.96. The molecule has 1 saturated heterocycles. The molecule has 61 heavy (non-hydrogen) atoms. The number of allylic oxidation sites excluding steroid dienone is 1. The number of likely N-dealkylation sites (N-methyl/N-ethyl adjacent to an activating group) is 2. The normalized spacial score (nSPS) is 17.1. The van der Waals surface area contributed by atoms with Crippen LogP contribution in [-0.4, -0.2) is 134 Å². The van der Waals surface area contributed by atoms with Crippen LogP contribution in [0, 0.1) is 17.8 Å². The van der Waals surface area contributed by atoms with Gasteiger partial charge in [-0.15, -0.1) is 0 Å². The number of nitrogens with one attached hydrogen (secondary N) is 5. The topological polar surface area (TPSA) is 248 Å². The fourth-order valence-electron chi connectivity index (χ4n) is 7.30. The first-order chi connectivity index (χ1) is 28.8. The number of carbonyl (C=O) groups is 8. The Bertz CT molecular complexity index is 1530. The lowest BCUT2D eigenvalue weighted by Gasteiger charge is -2.38. The van der Waals surface area contributed by atoms with E-state index < -0.39 is 90.4 Å². The Hall–Kier alpha value is -4.58. The first kappa shape index (κ1) is 52.6. The lowest BCUT2D eigenvalue weighted by Crippen LogP contribution is -2.62. The van der Waals surface area contributed by atoms with Gasteiger partial charge in [-0.1, -0.05) is 59.3 Å². The van der Waals surface area contributed by atoms with E-state index in [1.54, 1.807) is 27.8 Å². The van der Waals surface area contributed by atoms with Crippen LogP contribution in [0.3, 0.4) is 0 Å². The van der Waals surface area contributed by atoms with Gasteiger partial charge in [0.1, 0.15) is 36.3 Å². The maximum Gasteiger partial charge on any atom is 0.410 e. The minimum atomic E-state index is -1.43. The van der Waals surface area contributed by atoms with Gasteiger partial charge in [0.05, 0.1) is 23.6 Å². The molecule has 0 bridgehead atoms. The maximum atomic E-state index is 13.7. The molecule has 18 nitrogen and oxygen atoms in total. The third kappa shape index (κ3) is 17.7. The first-order valence-electron chi connectivity index (χ1n) is 21.9. The van der Waals surface area contributed by atoms with Gasteiger partial charge in [0.2, 0.25) is 23.6 Å². The first-order valence-corrected chi connectivity index (χ1v) is 21.9. The zero-order chi connectivity index (χ0) is 45.9. The number of nitrogens with zero attached hydrogens (tertiary/aromatic N) is 2. The molecule has 0 aromatic heterocycles. The molecule has 4 unspecified atom stereocenters. The van der Waals surface area contributed by atoms with Gasteiger partial charge < -0.3 is 56.4 Å². The lowest BCUT2D eigenvalue weighted by atomic mass is 9.83. The van der Waals surface area contributed by atoms with Crippen LogP contribution in [0.1, 0.15) is 119 Å². The number of hydrogen-bond acceptors (Lipinski definition) is 12.